The molecule has 0 saturated carbocycles. The highest BCUT2D eigenvalue weighted by molar-refractivity contribution is 7.37. The first-order valence-corrected chi connectivity index (χ1v) is 13.6. The van der Waals surface area contributed by atoms with Gasteiger partial charge in [0.05, 0.1) is 13.0 Å². The third-order valence-corrected chi connectivity index (χ3v) is 8.22. The van der Waals surface area contributed by atoms with Gasteiger partial charge in [-0.1, -0.05) is 103 Å². The summed E-state index contributed by atoms with van der Waals surface area (Å²) in [5, 5.41) is 0. The summed E-state index contributed by atoms with van der Waals surface area (Å²) >= 11 is 0. The number of ether oxygens (including phenoxy) is 1. The second-order valence-corrected chi connectivity index (χ2v) is 14.0. The van der Waals surface area contributed by atoms with Gasteiger partial charge in [0.15, 0.2) is 0 Å². The van der Waals surface area contributed by atoms with Gasteiger partial charge in [0.2, 0.25) is 0 Å². The molecule has 1 heterocycles. The number of unbranched alkanes of at least 4 members (excludes halogenated alkanes) is 1. The lowest BCUT2D eigenvalue weighted by atomic mass is 9.70. The second kappa shape index (κ2) is 9.62. The molecule has 172 valence electrons. The van der Waals surface area contributed by atoms with E-state index in [1.807, 2.05) is 0 Å². The Bertz CT molecular complexity index is 656. The number of hydrogen-bond acceptors (Lipinski definition) is 1. The van der Waals surface area contributed by atoms with Crippen molar-refractivity contribution in [2.45, 2.75) is 118 Å². The Kier molecular flexibility index (Phi) is 8.30. The van der Waals surface area contributed by atoms with Crippen LogP contribution < -0.4 is 0 Å². The Balaban J connectivity index is 2.53. The molecule has 1 aliphatic rings. The van der Waals surface area contributed by atoms with Crippen LogP contribution in [0.3, 0.4) is 0 Å². The molecule has 0 radical (unpaired) electrons. The molecule has 30 heavy (non-hydrogen) atoms. The van der Waals surface area contributed by atoms with Gasteiger partial charge in [-0.2, -0.15) is 0 Å². The van der Waals surface area contributed by atoms with Crippen LogP contribution in [0.2, 0.25) is 0 Å². The van der Waals surface area contributed by atoms with Crippen molar-refractivity contribution in [3.63, 3.8) is 0 Å². The molecule has 1 saturated heterocycles. The summed E-state index contributed by atoms with van der Waals surface area (Å²) in [7, 11) is 0.973. The van der Waals surface area contributed by atoms with Crippen LogP contribution >= 0.6 is 8.58 Å². The van der Waals surface area contributed by atoms with Crippen molar-refractivity contribution in [2.24, 2.45) is 5.41 Å². The van der Waals surface area contributed by atoms with E-state index < -0.39 is 0 Å². The smallest absolute Gasteiger partial charge is 0.0631 e. The number of hydrogen-bond donors (Lipinski definition) is 0. The van der Waals surface area contributed by atoms with Gasteiger partial charge < -0.3 is 4.74 Å². The van der Waals surface area contributed by atoms with Crippen LogP contribution in [-0.4, -0.2) is 19.1 Å². The summed E-state index contributed by atoms with van der Waals surface area (Å²) in [4.78, 5) is 0. The lowest BCUT2D eigenvalue weighted by molar-refractivity contribution is 0.0578. The molecular formula is C28H49OP. The minimum absolute atomic E-state index is 0.151. The number of rotatable bonds is 6. The van der Waals surface area contributed by atoms with E-state index in [2.05, 4.69) is 81.4 Å². The van der Waals surface area contributed by atoms with E-state index in [-0.39, 0.29) is 16.2 Å². The van der Waals surface area contributed by atoms with E-state index in [9.17, 15) is 0 Å². The van der Waals surface area contributed by atoms with Crippen LogP contribution in [0.1, 0.15) is 117 Å². The van der Waals surface area contributed by atoms with Crippen molar-refractivity contribution < 1.29 is 4.74 Å². The molecule has 0 aromatic heterocycles. The zero-order valence-corrected chi connectivity index (χ0v) is 22.7. The van der Waals surface area contributed by atoms with Crippen LogP contribution in [0.15, 0.2) is 12.1 Å². The lowest BCUT2D eigenvalue weighted by Gasteiger charge is -2.39. The zero-order valence-electron chi connectivity index (χ0n) is 21.7. The van der Waals surface area contributed by atoms with Crippen molar-refractivity contribution in [1.82, 2.24) is 0 Å². The van der Waals surface area contributed by atoms with Crippen molar-refractivity contribution >= 4 is 8.58 Å². The molecule has 1 aromatic carbocycles. The minimum Gasteiger partial charge on any atom is -0.377 e. The fourth-order valence-electron chi connectivity index (χ4n) is 4.81. The van der Waals surface area contributed by atoms with Crippen LogP contribution in [0, 0.1) is 5.41 Å². The van der Waals surface area contributed by atoms with Gasteiger partial charge in [-0.3, -0.25) is 0 Å². The van der Waals surface area contributed by atoms with E-state index >= 15 is 0 Å². The van der Waals surface area contributed by atoms with Crippen molar-refractivity contribution in [3.05, 3.63) is 34.4 Å². The first-order valence-electron chi connectivity index (χ1n) is 12.2. The van der Waals surface area contributed by atoms with Gasteiger partial charge >= 0.3 is 0 Å². The molecular weight excluding hydrogens is 383 g/mol. The van der Waals surface area contributed by atoms with Crippen molar-refractivity contribution in [1.29, 1.82) is 0 Å². The van der Waals surface area contributed by atoms with Crippen LogP contribution in [0.25, 0.3) is 0 Å². The maximum Gasteiger partial charge on any atom is 0.0631 e. The molecule has 2 rings (SSSR count). The molecule has 1 nitrogen and oxygen atoms in total. The quantitative estimate of drug-likeness (QED) is 0.410. The van der Waals surface area contributed by atoms with Gasteiger partial charge in [0.1, 0.15) is 0 Å². The fourth-order valence-corrected chi connectivity index (χ4v) is 6.14. The third kappa shape index (κ3) is 6.56. The average Bonchev–Trinajstić information content (AvgIpc) is 2.62. The van der Waals surface area contributed by atoms with Crippen molar-refractivity contribution in [2.75, 3.05) is 19.1 Å². The van der Waals surface area contributed by atoms with Gasteiger partial charge in [0.25, 0.3) is 0 Å². The first kappa shape index (κ1) is 25.9. The van der Waals surface area contributed by atoms with Crippen LogP contribution in [0.4, 0.5) is 0 Å². The largest absolute Gasteiger partial charge is 0.377 e. The van der Waals surface area contributed by atoms with Gasteiger partial charge in [-0.25, -0.2) is 0 Å². The SMILES string of the molecule is CCCCC1(CCc2c(C(C)(C)C)cc(C(C)(C)C)cc2C(C)(C)C)COCPC1. The summed E-state index contributed by atoms with van der Waals surface area (Å²) in [5.41, 5.74) is 7.07. The third-order valence-electron chi connectivity index (χ3n) is 6.81. The molecule has 2 unspecified atom stereocenters. The highest BCUT2D eigenvalue weighted by Crippen LogP contribution is 2.43. The molecule has 2 heteroatoms. The maximum atomic E-state index is 6.04. The predicted octanol–water partition coefficient (Wildman–Crippen LogP) is 8.35. The summed E-state index contributed by atoms with van der Waals surface area (Å²) in [6.07, 6.45) is 8.73. The molecule has 0 spiro atoms. The van der Waals surface area contributed by atoms with Crippen molar-refractivity contribution in [3.8, 4) is 0 Å². The Morgan fingerprint density at radius 1 is 0.867 bits per heavy atom. The van der Waals surface area contributed by atoms with E-state index in [1.54, 1.807) is 16.7 Å². The van der Waals surface area contributed by atoms with Crippen LogP contribution in [0.5, 0.6) is 0 Å². The first-order chi connectivity index (χ1) is 13.7. The molecule has 1 fully saturated rings. The Hall–Kier alpha value is -0.390. The summed E-state index contributed by atoms with van der Waals surface area (Å²) in [6.45, 7) is 24.7. The summed E-state index contributed by atoms with van der Waals surface area (Å²) in [6, 6.07) is 5.06. The molecule has 0 bridgehead atoms. The lowest BCUT2D eigenvalue weighted by Crippen LogP contribution is -2.34. The standard InChI is InChI=1S/C28H49OP/c1-11-12-14-28(18-29-20-30-19-28)15-13-22-23(26(5,6)7)16-21(25(2,3)4)17-24(22)27(8,9)10/h16-17,30H,11-15,18-20H2,1-10H3. The highest BCUT2D eigenvalue weighted by atomic mass is 31.1. The monoisotopic (exact) mass is 432 g/mol. The Morgan fingerprint density at radius 3 is 1.83 bits per heavy atom. The minimum atomic E-state index is 0.151. The summed E-state index contributed by atoms with van der Waals surface area (Å²) in [5.74, 6) is 0. The molecule has 2 atom stereocenters. The fraction of sp³-hybridized carbons (Fsp3) is 0.786. The van der Waals surface area contributed by atoms with E-state index in [1.165, 1.54) is 43.8 Å². The van der Waals surface area contributed by atoms with Gasteiger partial charge in [-0.05, 0) is 69.3 Å². The van der Waals surface area contributed by atoms with E-state index in [0.29, 0.717) is 5.41 Å². The average molecular weight is 433 g/mol. The van der Waals surface area contributed by atoms with E-state index in [4.69, 9.17) is 4.74 Å². The molecule has 0 N–H and O–H groups in total. The zero-order chi connectivity index (χ0) is 22.8. The normalized spacial score (nSPS) is 21.9. The maximum absolute atomic E-state index is 6.04. The molecule has 0 aliphatic carbocycles. The van der Waals surface area contributed by atoms with Gasteiger partial charge in [0, 0.05) is 0 Å². The topological polar surface area (TPSA) is 9.23 Å². The predicted molar refractivity (Wildman–Crippen MR) is 137 cm³/mol. The van der Waals surface area contributed by atoms with E-state index in [0.717, 1.165) is 21.5 Å². The Labute approximate surface area is 189 Å². The van der Waals surface area contributed by atoms with Crippen LogP contribution in [-0.2, 0) is 27.4 Å². The second-order valence-electron chi connectivity index (χ2n) is 12.8. The summed E-state index contributed by atoms with van der Waals surface area (Å²) < 4.78 is 6.04. The Morgan fingerprint density at radius 2 is 1.43 bits per heavy atom. The number of benzene rings is 1. The molecule has 1 aromatic rings. The molecule has 0 amide bonds. The highest BCUT2D eigenvalue weighted by Gasteiger charge is 2.34. The molecule has 1 aliphatic heterocycles. The van der Waals surface area contributed by atoms with Gasteiger partial charge in [-0.15, -0.1) is 0 Å².